The van der Waals surface area contributed by atoms with Crippen LogP contribution >= 0.6 is 11.6 Å². The van der Waals surface area contributed by atoms with Crippen molar-refractivity contribution in [3.63, 3.8) is 0 Å². The number of halogens is 2. The summed E-state index contributed by atoms with van der Waals surface area (Å²) in [6.07, 6.45) is 4.34. The van der Waals surface area contributed by atoms with Crippen molar-refractivity contribution in [2.24, 2.45) is 0 Å². The third kappa shape index (κ3) is 4.27. The largest absolute Gasteiger partial charge is 0.507 e. The fourth-order valence-corrected chi connectivity index (χ4v) is 3.98. The molecule has 1 unspecified atom stereocenters. The predicted octanol–water partition coefficient (Wildman–Crippen LogP) is 3.85. The first-order valence-corrected chi connectivity index (χ1v) is 10.4. The van der Waals surface area contributed by atoms with E-state index in [1.165, 1.54) is 11.0 Å². The molecule has 3 heterocycles. The van der Waals surface area contributed by atoms with E-state index in [-0.39, 0.29) is 35.1 Å². The zero-order chi connectivity index (χ0) is 21.1. The Morgan fingerprint density at radius 3 is 2.87 bits per heavy atom. The molecule has 2 aromatic heterocycles. The van der Waals surface area contributed by atoms with Crippen LogP contribution < -0.4 is 15.6 Å². The van der Waals surface area contributed by atoms with Crippen LogP contribution in [-0.2, 0) is 6.54 Å². The number of hydrogen-bond donors (Lipinski definition) is 2. The van der Waals surface area contributed by atoms with Crippen molar-refractivity contribution in [3.05, 3.63) is 63.3 Å². The Morgan fingerprint density at radius 2 is 2.07 bits per heavy atom. The Bertz CT molecular complexity index is 1100. The molecule has 6 nitrogen and oxygen atoms in total. The van der Waals surface area contributed by atoms with E-state index in [4.69, 9.17) is 16.3 Å². The van der Waals surface area contributed by atoms with Crippen molar-refractivity contribution in [1.82, 2.24) is 14.9 Å². The first-order valence-electron chi connectivity index (χ1n) is 10.1. The third-order valence-electron chi connectivity index (χ3n) is 5.36. The zero-order valence-corrected chi connectivity index (χ0v) is 17.2. The molecule has 30 heavy (non-hydrogen) atoms. The van der Waals surface area contributed by atoms with E-state index in [0.29, 0.717) is 6.61 Å². The molecule has 8 heteroatoms. The minimum atomic E-state index is -0.865. The maximum Gasteiger partial charge on any atom is 0.255 e. The van der Waals surface area contributed by atoms with Gasteiger partial charge in [0, 0.05) is 12.1 Å². The van der Waals surface area contributed by atoms with Crippen LogP contribution in [0.25, 0.3) is 10.9 Å². The molecule has 0 radical (unpaired) electrons. The molecule has 4 rings (SSSR count). The molecule has 1 atom stereocenters. The smallest absolute Gasteiger partial charge is 0.255 e. The summed E-state index contributed by atoms with van der Waals surface area (Å²) < 4.78 is 22.1. The highest BCUT2D eigenvalue weighted by atomic mass is 35.5. The summed E-state index contributed by atoms with van der Waals surface area (Å²) in [6.45, 7) is 1.34. The number of nitrogens with one attached hydrogen (secondary N) is 1. The zero-order valence-electron chi connectivity index (χ0n) is 16.4. The highest BCUT2D eigenvalue weighted by molar-refractivity contribution is 6.30. The van der Waals surface area contributed by atoms with Crippen LogP contribution in [0.2, 0.25) is 5.15 Å². The molecular formula is C22H23ClFN3O3. The lowest BCUT2D eigenvalue weighted by Gasteiger charge is -2.19. The molecule has 0 aliphatic carbocycles. The normalized spacial score (nSPS) is 17.1. The molecule has 2 N–H and O–H groups in total. The fraction of sp³-hybridized carbons (Fsp3) is 0.364. The van der Waals surface area contributed by atoms with Crippen molar-refractivity contribution in [2.45, 2.75) is 38.3 Å². The SMILES string of the molecule is O=c1cc(O)c2c(OCC3CCCCCN3)nc(Cl)c(F)c2n1Cc1ccccc1. The number of aromatic hydroxyl groups is 1. The van der Waals surface area contributed by atoms with Gasteiger partial charge in [-0.25, -0.2) is 4.39 Å². The van der Waals surface area contributed by atoms with Gasteiger partial charge in [0.2, 0.25) is 5.88 Å². The van der Waals surface area contributed by atoms with Gasteiger partial charge in [-0.2, -0.15) is 4.98 Å². The average Bonchev–Trinajstić information content (AvgIpc) is 3.01. The molecule has 1 aliphatic heterocycles. The van der Waals surface area contributed by atoms with Crippen LogP contribution in [0.3, 0.4) is 0 Å². The lowest BCUT2D eigenvalue weighted by atomic mass is 10.1. The standard InChI is InChI=1S/C22H23ClFN3O3/c23-21-19(24)20-18(22(26-21)30-13-15-9-5-2-6-10-25-15)16(28)11-17(29)27(20)12-14-7-3-1-4-8-14/h1,3-4,7-8,11,15,25,28H,2,5-6,9-10,12-13H2. The molecule has 1 aromatic carbocycles. The topological polar surface area (TPSA) is 76.4 Å². The molecule has 3 aromatic rings. The second-order valence-electron chi connectivity index (χ2n) is 7.50. The highest BCUT2D eigenvalue weighted by Gasteiger charge is 2.23. The van der Waals surface area contributed by atoms with Gasteiger partial charge in [-0.3, -0.25) is 4.79 Å². The third-order valence-corrected chi connectivity index (χ3v) is 5.61. The van der Waals surface area contributed by atoms with Crippen LogP contribution in [0.5, 0.6) is 11.6 Å². The molecule has 0 amide bonds. The summed E-state index contributed by atoms with van der Waals surface area (Å²) in [7, 11) is 0. The predicted molar refractivity (Wildman–Crippen MR) is 114 cm³/mol. The van der Waals surface area contributed by atoms with Gasteiger partial charge >= 0.3 is 0 Å². The van der Waals surface area contributed by atoms with E-state index in [1.54, 1.807) is 0 Å². The first kappa shape index (κ1) is 20.6. The van der Waals surface area contributed by atoms with Gasteiger partial charge in [0.25, 0.3) is 5.56 Å². The quantitative estimate of drug-likeness (QED) is 0.600. The van der Waals surface area contributed by atoms with E-state index in [1.807, 2.05) is 30.3 Å². The van der Waals surface area contributed by atoms with E-state index in [0.717, 1.165) is 37.4 Å². The maximum atomic E-state index is 15.0. The van der Waals surface area contributed by atoms with Gasteiger partial charge < -0.3 is 19.7 Å². The number of hydrogen-bond acceptors (Lipinski definition) is 5. The second-order valence-corrected chi connectivity index (χ2v) is 7.85. The van der Waals surface area contributed by atoms with Gasteiger partial charge in [-0.1, -0.05) is 54.8 Å². The summed E-state index contributed by atoms with van der Waals surface area (Å²) in [5.41, 5.74) is 0.151. The van der Waals surface area contributed by atoms with Gasteiger partial charge in [0.05, 0.1) is 12.1 Å². The number of pyridine rings is 2. The van der Waals surface area contributed by atoms with Gasteiger partial charge in [-0.05, 0) is 24.9 Å². The molecule has 1 aliphatic rings. The summed E-state index contributed by atoms with van der Waals surface area (Å²) in [6, 6.07) is 10.4. The van der Waals surface area contributed by atoms with Crippen LogP contribution in [0, 0.1) is 5.82 Å². The summed E-state index contributed by atoms with van der Waals surface area (Å²) >= 11 is 6.04. The number of ether oxygens (including phenoxy) is 1. The van der Waals surface area contributed by atoms with Crippen molar-refractivity contribution < 1.29 is 14.2 Å². The van der Waals surface area contributed by atoms with Crippen LogP contribution in [0.4, 0.5) is 4.39 Å². The number of nitrogens with zero attached hydrogens (tertiary/aromatic N) is 2. The van der Waals surface area contributed by atoms with E-state index in [2.05, 4.69) is 10.3 Å². The highest BCUT2D eigenvalue weighted by Crippen LogP contribution is 2.35. The molecule has 0 saturated carbocycles. The molecule has 158 valence electrons. The van der Waals surface area contributed by atoms with Crippen molar-refractivity contribution in [3.8, 4) is 11.6 Å². The summed E-state index contributed by atoms with van der Waals surface area (Å²) in [5.74, 6) is -1.23. The molecule has 0 bridgehead atoms. The van der Waals surface area contributed by atoms with E-state index in [9.17, 15) is 9.90 Å². The van der Waals surface area contributed by atoms with E-state index < -0.39 is 16.5 Å². The van der Waals surface area contributed by atoms with Crippen molar-refractivity contribution in [2.75, 3.05) is 13.2 Å². The van der Waals surface area contributed by atoms with E-state index >= 15 is 4.39 Å². The van der Waals surface area contributed by atoms with Crippen LogP contribution in [0.1, 0.15) is 31.2 Å². The Morgan fingerprint density at radius 1 is 1.27 bits per heavy atom. The monoisotopic (exact) mass is 431 g/mol. The molecule has 1 fully saturated rings. The number of aromatic nitrogens is 2. The second kappa shape index (κ2) is 9.02. The summed E-state index contributed by atoms with van der Waals surface area (Å²) in [5, 5.41) is 13.5. The Kier molecular flexibility index (Phi) is 6.20. The Hall–Kier alpha value is -2.64. The van der Waals surface area contributed by atoms with Crippen molar-refractivity contribution >= 4 is 22.5 Å². The Balaban J connectivity index is 1.77. The van der Waals surface area contributed by atoms with Gasteiger partial charge in [-0.15, -0.1) is 0 Å². The number of fused-ring (bicyclic) bond motifs is 1. The average molecular weight is 432 g/mol. The van der Waals surface area contributed by atoms with Crippen LogP contribution in [0.15, 0.2) is 41.2 Å². The Labute approximate surface area is 178 Å². The first-order chi connectivity index (χ1) is 14.5. The van der Waals surface area contributed by atoms with Gasteiger partial charge in [0.1, 0.15) is 17.7 Å². The number of rotatable bonds is 5. The van der Waals surface area contributed by atoms with Crippen molar-refractivity contribution in [1.29, 1.82) is 0 Å². The molecule has 1 saturated heterocycles. The minimum Gasteiger partial charge on any atom is -0.507 e. The van der Waals surface area contributed by atoms with Gasteiger partial charge in [0.15, 0.2) is 11.0 Å². The lowest BCUT2D eigenvalue weighted by molar-refractivity contribution is 0.254. The summed E-state index contributed by atoms with van der Waals surface area (Å²) in [4.78, 5) is 16.6. The molecular weight excluding hydrogens is 409 g/mol. The lowest BCUT2D eigenvalue weighted by Crippen LogP contribution is -2.34. The minimum absolute atomic E-state index is 0.0155. The maximum absolute atomic E-state index is 15.0. The fourth-order valence-electron chi connectivity index (χ4n) is 3.81. The number of benzene rings is 1. The van der Waals surface area contributed by atoms with Crippen LogP contribution in [-0.4, -0.2) is 33.9 Å². The molecule has 0 spiro atoms.